The lowest BCUT2D eigenvalue weighted by Gasteiger charge is -2.22. The first-order valence-electron chi connectivity index (χ1n) is 10.2. The third-order valence-electron chi connectivity index (χ3n) is 4.89. The van der Waals surface area contributed by atoms with E-state index in [-0.39, 0.29) is 18.6 Å². The zero-order valence-corrected chi connectivity index (χ0v) is 17.7. The van der Waals surface area contributed by atoms with E-state index in [2.05, 4.69) is 25.4 Å². The number of aliphatic hydroxyl groups excluding tert-OH is 1. The summed E-state index contributed by atoms with van der Waals surface area (Å²) in [6.45, 7) is 3.95. The number of nitrogens with one attached hydrogen (secondary N) is 1. The van der Waals surface area contributed by atoms with Gasteiger partial charge < -0.3 is 24.4 Å². The predicted octanol–water partition coefficient (Wildman–Crippen LogP) is 2.36. The van der Waals surface area contributed by atoms with Gasteiger partial charge in [-0.25, -0.2) is 9.78 Å². The van der Waals surface area contributed by atoms with Gasteiger partial charge in [-0.2, -0.15) is 9.97 Å². The number of amides is 1. The highest BCUT2D eigenvalue weighted by molar-refractivity contribution is 5.89. The molecule has 0 spiro atoms. The maximum absolute atomic E-state index is 12.1. The van der Waals surface area contributed by atoms with E-state index in [1.165, 1.54) is 11.1 Å². The van der Waals surface area contributed by atoms with Gasteiger partial charge in [0, 0.05) is 12.6 Å². The maximum atomic E-state index is 12.1. The number of cyclic esters (lactones) is 1. The number of carbonyl (C=O) groups is 1. The number of nitrogens with zero attached hydrogens (tertiary/aromatic N) is 5. The van der Waals surface area contributed by atoms with E-state index in [0.29, 0.717) is 30.6 Å². The normalized spacial score (nSPS) is 17.7. The maximum Gasteiger partial charge on any atom is 0.416 e. The molecule has 11 heteroatoms. The molecule has 1 saturated heterocycles. The van der Waals surface area contributed by atoms with Gasteiger partial charge in [0.15, 0.2) is 5.82 Å². The van der Waals surface area contributed by atoms with Crippen molar-refractivity contribution in [3.05, 3.63) is 54.3 Å². The first-order chi connectivity index (χ1) is 15.5. The van der Waals surface area contributed by atoms with Crippen LogP contribution in [0, 0.1) is 0 Å². The van der Waals surface area contributed by atoms with Crippen LogP contribution in [-0.2, 0) is 11.2 Å². The molecule has 32 heavy (non-hydrogen) atoms. The van der Waals surface area contributed by atoms with Gasteiger partial charge in [-0.05, 0) is 32.0 Å². The molecule has 2 unspecified atom stereocenters. The fourth-order valence-corrected chi connectivity index (χ4v) is 3.18. The number of rotatable bonds is 9. The lowest BCUT2D eigenvalue weighted by atomic mass is 10.2. The predicted molar refractivity (Wildman–Crippen MR) is 113 cm³/mol. The molecular formula is C21H24N6O5. The molecule has 1 aromatic carbocycles. The molecule has 4 rings (SSSR count). The van der Waals surface area contributed by atoms with Gasteiger partial charge in [-0.3, -0.25) is 4.90 Å². The second-order valence-corrected chi connectivity index (χ2v) is 7.32. The monoisotopic (exact) mass is 440 g/mol. The van der Waals surface area contributed by atoms with E-state index in [9.17, 15) is 9.90 Å². The van der Waals surface area contributed by atoms with Gasteiger partial charge in [-0.15, -0.1) is 0 Å². The van der Waals surface area contributed by atoms with Crippen molar-refractivity contribution < 1.29 is 23.9 Å². The van der Waals surface area contributed by atoms with E-state index in [1.54, 1.807) is 13.0 Å². The average Bonchev–Trinajstić information content (AvgIpc) is 3.42. The number of para-hydroxylation sites is 1. The number of anilines is 2. The van der Waals surface area contributed by atoms with Crippen LogP contribution in [0.2, 0.25) is 0 Å². The second kappa shape index (κ2) is 9.60. The topological polar surface area (TPSA) is 136 Å². The Hall–Kier alpha value is -3.73. The van der Waals surface area contributed by atoms with Gasteiger partial charge in [0.25, 0.3) is 0 Å². The quantitative estimate of drug-likeness (QED) is 0.510. The van der Waals surface area contributed by atoms with Gasteiger partial charge in [0.2, 0.25) is 11.8 Å². The Morgan fingerprint density at radius 1 is 1.25 bits per heavy atom. The summed E-state index contributed by atoms with van der Waals surface area (Å²) in [5.41, 5.74) is 0. The molecule has 3 atom stereocenters. The highest BCUT2D eigenvalue weighted by Crippen LogP contribution is 2.24. The fraction of sp³-hybridized carbons (Fsp3) is 0.381. The van der Waals surface area contributed by atoms with Crippen molar-refractivity contribution in [1.29, 1.82) is 0 Å². The fourth-order valence-electron chi connectivity index (χ4n) is 3.18. The number of aliphatic hydroxyl groups is 1. The van der Waals surface area contributed by atoms with Crippen LogP contribution in [0.5, 0.6) is 5.75 Å². The summed E-state index contributed by atoms with van der Waals surface area (Å²) in [6.07, 6.45) is 0.680. The van der Waals surface area contributed by atoms with E-state index in [0.717, 1.165) is 5.75 Å². The molecule has 3 aromatic rings. The molecule has 1 aliphatic rings. The van der Waals surface area contributed by atoms with Crippen molar-refractivity contribution in [3.63, 3.8) is 0 Å². The first kappa shape index (κ1) is 21.5. The Kier molecular flexibility index (Phi) is 6.45. The van der Waals surface area contributed by atoms with Crippen molar-refractivity contribution in [2.45, 2.75) is 38.5 Å². The summed E-state index contributed by atoms with van der Waals surface area (Å²) in [7, 11) is 0. The molecule has 1 aliphatic heterocycles. The van der Waals surface area contributed by atoms with Crippen molar-refractivity contribution in [2.75, 3.05) is 23.4 Å². The summed E-state index contributed by atoms with van der Waals surface area (Å²) < 4.78 is 16.0. The van der Waals surface area contributed by atoms with Gasteiger partial charge in [0.05, 0.1) is 12.7 Å². The van der Waals surface area contributed by atoms with Crippen LogP contribution >= 0.6 is 0 Å². The van der Waals surface area contributed by atoms with E-state index >= 15 is 0 Å². The van der Waals surface area contributed by atoms with Crippen LogP contribution in [0.3, 0.4) is 0 Å². The highest BCUT2D eigenvalue weighted by atomic mass is 16.6. The van der Waals surface area contributed by atoms with Crippen LogP contribution in [0.15, 0.2) is 47.1 Å². The minimum atomic E-state index is -0.769. The first-order valence-corrected chi connectivity index (χ1v) is 10.2. The highest BCUT2D eigenvalue weighted by Gasteiger charge is 2.38. The Morgan fingerprint density at radius 3 is 2.84 bits per heavy atom. The summed E-state index contributed by atoms with van der Waals surface area (Å²) in [4.78, 5) is 26.4. The Morgan fingerprint density at radius 2 is 2.06 bits per heavy atom. The largest absolute Gasteiger partial charge is 0.493 e. The van der Waals surface area contributed by atoms with Gasteiger partial charge in [0.1, 0.15) is 30.3 Å². The zero-order valence-electron chi connectivity index (χ0n) is 17.7. The number of ether oxygens (including phenoxy) is 2. The summed E-state index contributed by atoms with van der Waals surface area (Å²) in [5.74, 6) is 2.27. The molecule has 1 fully saturated rings. The molecule has 0 radical (unpaired) electrons. The number of aromatic nitrogens is 4. The summed E-state index contributed by atoms with van der Waals surface area (Å²) in [6, 6.07) is 10.2. The van der Waals surface area contributed by atoms with E-state index in [1.807, 2.05) is 37.3 Å². The number of benzene rings is 1. The van der Waals surface area contributed by atoms with E-state index in [4.69, 9.17) is 14.0 Å². The Bertz CT molecular complexity index is 1040. The van der Waals surface area contributed by atoms with Gasteiger partial charge >= 0.3 is 6.09 Å². The molecule has 168 valence electrons. The van der Waals surface area contributed by atoms with Crippen molar-refractivity contribution in [3.8, 4) is 5.75 Å². The third kappa shape index (κ3) is 4.94. The Labute approximate surface area is 184 Å². The molecule has 11 nitrogen and oxygen atoms in total. The third-order valence-corrected chi connectivity index (χ3v) is 4.89. The zero-order chi connectivity index (χ0) is 22.5. The molecule has 0 bridgehead atoms. The molecule has 2 aromatic heterocycles. The number of hydrogen-bond acceptors (Lipinski definition) is 10. The second-order valence-electron chi connectivity index (χ2n) is 7.32. The standard InChI is InChI=1S/C21H24N6O5/c1-13(19-24-17(26-32-19)9-11-30-15-6-4-3-5-7-15)23-20-22-10-8-18(25-20)27-16(14(2)28)12-31-21(27)29/h3-8,10,13-14,16,28H,9,11-12H2,1-2H3,(H,22,23,25)/t13?,14-,16?/m1/s1. The summed E-state index contributed by atoms with van der Waals surface area (Å²) >= 11 is 0. The van der Waals surface area contributed by atoms with Crippen molar-refractivity contribution in [1.82, 2.24) is 20.1 Å². The van der Waals surface area contributed by atoms with Crippen molar-refractivity contribution >= 4 is 17.9 Å². The van der Waals surface area contributed by atoms with Gasteiger partial charge in [-0.1, -0.05) is 23.4 Å². The minimum Gasteiger partial charge on any atom is -0.493 e. The van der Waals surface area contributed by atoms with E-state index < -0.39 is 18.2 Å². The molecule has 0 saturated carbocycles. The number of hydrogen-bond donors (Lipinski definition) is 2. The molecule has 1 amide bonds. The van der Waals surface area contributed by atoms with Crippen LogP contribution < -0.4 is 15.0 Å². The van der Waals surface area contributed by atoms with Crippen molar-refractivity contribution in [2.24, 2.45) is 0 Å². The smallest absolute Gasteiger partial charge is 0.416 e. The average molecular weight is 440 g/mol. The number of carbonyl (C=O) groups excluding carboxylic acids is 1. The SMILES string of the molecule is CC(Nc1nccc(N2C(=O)OCC2[C@@H](C)O)n1)c1nc(CCOc2ccccc2)no1. The summed E-state index contributed by atoms with van der Waals surface area (Å²) in [5, 5.41) is 17.0. The molecule has 3 heterocycles. The molecule has 0 aliphatic carbocycles. The molecule has 2 N–H and O–H groups in total. The van der Waals surface area contributed by atoms with Crippen LogP contribution in [0.25, 0.3) is 0 Å². The molecular weight excluding hydrogens is 416 g/mol. The minimum absolute atomic E-state index is 0.0957. The Balaban J connectivity index is 1.36. The van der Waals surface area contributed by atoms with Crippen LogP contribution in [0.4, 0.5) is 16.6 Å². The lowest BCUT2D eigenvalue weighted by molar-refractivity contribution is 0.142. The lowest BCUT2D eigenvalue weighted by Crippen LogP contribution is -2.41. The van der Waals surface area contributed by atoms with Crippen LogP contribution in [0.1, 0.15) is 31.6 Å². The van der Waals surface area contributed by atoms with Crippen LogP contribution in [-0.4, -0.2) is 56.7 Å².